The van der Waals surface area contributed by atoms with E-state index in [9.17, 15) is 10.1 Å². The molecule has 0 atom stereocenters. The van der Waals surface area contributed by atoms with Crippen LogP contribution in [0.1, 0.15) is 5.56 Å². The van der Waals surface area contributed by atoms with Gasteiger partial charge in [0.2, 0.25) is 5.82 Å². The number of rotatable bonds is 2. The minimum Gasteiger partial charge on any atom is -0.348 e. The van der Waals surface area contributed by atoms with Gasteiger partial charge in [-0.05, 0) is 0 Å². The molecule has 1 aromatic rings. The lowest BCUT2D eigenvalue weighted by Gasteiger charge is -2.27. The highest BCUT2D eigenvalue weighted by Gasteiger charge is 2.23. The highest BCUT2D eigenvalue weighted by molar-refractivity contribution is 5.60. The Bertz CT molecular complexity index is 476. The lowest BCUT2D eigenvalue weighted by atomic mass is 10.2. The second-order valence-electron chi connectivity index (χ2n) is 3.67. The Morgan fingerprint density at radius 3 is 2.82 bits per heavy atom. The van der Waals surface area contributed by atoms with Crippen molar-refractivity contribution in [3.63, 3.8) is 0 Å². The molecule has 0 aromatic carbocycles. The van der Waals surface area contributed by atoms with Crippen molar-refractivity contribution in [1.29, 1.82) is 5.26 Å². The minimum atomic E-state index is -0.495. The lowest BCUT2D eigenvalue weighted by molar-refractivity contribution is -0.384. The minimum absolute atomic E-state index is 0.106. The molecule has 0 radical (unpaired) electrons. The molecule has 0 unspecified atom stereocenters. The van der Waals surface area contributed by atoms with Gasteiger partial charge in [0, 0.05) is 38.4 Å². The summed E-state index contributed by atoms with van der Waals surface area (Å²) in [5.74, 6) is 0.343. The molecule has 0 saturated carbocycles. The van der Waals surface area contributed by atoms with Crippen LogP contribution < -0.4 is 10.2 Å². The van der Waals surface area contributed by atoms with Crippen LogP contribution in [0.2, 0.25) is 0 Å². The third kappa shape index (κ3) is 2.32. The number of nitrogens with one attached hydrogen (secondary N) is 1. The number of nitro groups is 1. The molecule has 1 saturated heterocycles. The van der Waals surface area contributed by atoms with Gasteiger partial charge in [-0.1, -0.05) is 0 Å². The zero-order valence-electron chi connectivity index (χ0n) is 9.09. The van der Waals surface area contributed by atoms with E-state index in [2.05, 4.69) is 10.3 Å². The van der Waals surface area contributed by atoms with Crippen molar-refractivity contribution in [3.05, 3.63) is 27.9 Å². The molecule has 2 heterocycles. The van der Waals surface area contributed by atoms with E-state index < -0.39 is 4.92 Å². The molecule has 1 fully saturated rings. The Morgan fingerprint density at radius 2 is 2.24 bits per heavy atom. The van der Waals surface area contributed by atoms with Crippen molar-refractivity contribution < 1.29 is 4.92 Å². The molecule has 17 heavy (non-hydrogen) atoms. The first kappa shape index (κ1) is 11.3. The van der Waals surface area contributed by atoms with Crippen molar-refractivity contribution in [3.8, 4) is 6.07 Å². The van der Waals surface area contributed by atoms with Gasteiger partial charge in [-0.25, -0.2) is 4.98 Å². The van der Waals surface area contributed by atoms with Crippen LogP contribution in [0.4, 0.5) is 11.5 Å². The van der Waals surface area contributed by atoms with Crippen LogP contribution in [0.3, 0.4) is 0 Å². The number of nitrogens with zero attached hydrogens (tertiary/aromatic N) is 4. The van der Waals surface area contributed by atoms with Crippen LogP contribution in [0.15, 0.2) is 12.3 Å². The van der Waals surface area contributed by atoms with E-state index in [0.29, 0.717) is 18.9 Å². The molecule has 7 nitrogen and oxygen atoms in total. The van der Waals surface area contributed by atoms with E-state index in [1.54, 1.807) is 0 Å². The summed E-state index contributed by atoms with van der Waals surface area (Å²) in [6, 6.07) is 3.12. The predicted octanol–water partition coefficient (Wildman–Crippen LogP) is 0.271. The highest BCUT2D eigenvalue weighted by Crippen LogP contribution is 2.26. The SMILES string of the molecule is N#Cc1cnc(N2CCNCC2)c([N+](=O)[O-])c1. The summed E-state index contributed by atoms with van der Waals surface area (Å²) in [7, 11) is 0. The Kier molecular flexibility index (Phi) is 3.16. The van der Waals surface area contributed by atoms with Gasteiger partial charge in [0.05, 0.1) is 10.5 Å². The fraction of sp³-hybridized carbons (Fsp3) is 0.400. The second-order valence-corrected chi connectivity index (χ2v) is 3.67. The Balaban J connectivity index is 2.38. The molecule has 1 aromatic heterocycles. The van der Waals surface area contributed by atoms with Crippen molar-refractivity contribution >= 4 is 11.5 Å². The highest BCUT2D eigenvalue weighted by atomic mass is 16.6. The van der Waals surface area contributed by atoms with Crippen molar-refractivity contribution in [2.45, 2.75) is 0 Å². The maximum atomic E-state index is 10.9. The quantitative estimate of drug-likeness (QED) is 0.582. The van der Waals surface area contributed by atoms with E-state index >= 15 is 0 Å². The van der Waals surface area contributed by atoms with Gasteiger partial charge in [-0.15, -0.1) is 0 Å². The van der Waals surface area contributed by atoms with Crippen LogP contribution in [0, 0.1) is 21.4 Å². The fourth-order valence-corrected chi connectivity index (χ4v) is 1.76. The summed E-state index contributed by atoms with van der Waals surface area (Å²) in [6.07, 6.45) is 1.37. The Morgan fingerprint density at radius 1 is 1.53 bits per heavy atom. The average molecular weight is 233 g/mol. The molecule has 0 aliphatic carbocycles. The predicted molar refractivity (Wildman–Crippen MR) is 60.7 cm³/mol. The molecule has 1 aliphatic heterocycles. The molecule has 1 N–H and O–H groups in total. The topological polar surface area (TPSA) is 95.1 Å². The van der Waals surface area contributed by atoms with Gasteiger partial charge in [0.25, 0.3) is 0 Å². The summed E-state index contributed by atoms with van der Waals surface area (Å²) in [6.45, 7) is 2.91. The zero-order chi connectivity index (χ0) is 12.3. The lowest BCUT2D eigenvalue weighted by Crippen LogP contribution is -2.44. The first-order chi connectivity index (χ1) is 8.22. The normalized spacial score (nSPS) is 15.4. The maximum Gasteiger partial charge on any atom is 0.312 e. The monoisotopic (exact) mass is 233 g/mol. The molecule has 1 aliphatic rings. The molecular formula is C10H11N5O2. The summed E-state index contributed by atoms with van der Waals surface area (Å²) in [4.78, 5) is 16.3. The van der Waals surface area contributed by atoms with Gasteiger partial charge in [-0.2, -0.15) is 5.26 Å². The van der Waals surface area contributed by atoms with E-state index in [0.717, 1.165) is 13.1 Å². The average Bonchev–Trinajstić information content (AvgIpc) is 2.39. The standard InChI is InChI=1S/C10H11N5O2/c11-6-8-5-9(15(16)17)10(13-7-8)14-3-1-12-2-4-14/h5,7,12H,1-4H2. The van der Waals surface area contributed by atoms with E-state index in [1.165, 1.54) is 12.3 Å². The largest absolute Gasteiger partial charge is 0.348 e. The summed E-state index contributed by atoms with van der Waals surface area (Å²) < 4.78 is 0. The van der Waals surface area contributed by atoms with Gasteiger partial charge in [0.15, 0.2) is 0 Å². The molecule has 0 spiro atoms. The number of pyridine rings is 1. The van der Waals surface area contributed by atoms with Crippen LogP contribution in [-0.4, -0.2) is 36.1 Å². The number of hydrogen-bond acceptors (Lipinski definition) is 6. The maximum absolute atomic E-state index is 10.9. The Hall–Kier alpha value is -2.20. The van der Waals surface area contributed by atoms with Gasteiger partial charge in [0.1, 0.15) is 6.07 Å². The molecule has 88 valence electrons. The number of aromatic nitrogens is 1. The summed E-state index contributed by atoms with van der Waals surface area (Å²) in [5, 5.41) is 22.8. The van der Waals surface area contributed by atoms with Gasteiger partial charge < -0.3 is 10.2 Å². The summed E-state index contributed by atoms with van der Waals surface area (Å²) >= 11 is 0. The van der Waals surface area contributed by atoms with E-state index in [1.807, 2.05) is 11.0 Å². The second kappa shape index (κ2) is 4.76. The van der Waals surface area contributed by atoms with Crippen LogP contribution in [0.25, 0.3) is 0 Å². The van der Waals surface area contributed by atoms with Gasteiger partial charge >= 0.3 is 5.69 Å². The van der Waals surface area contributed by atoms with Gasteiger partial charge in [-0.3, -0.25) is 10.1 Å². The van der Waals surface area contributed by atoms with Crippen LogP contribution in [-0.2, 0) is 0 Å². The number of nitriles is 1. The molecule has 7 heteroatoms. The fourth-order valence-electron chi connectivity index (χ4n) is 1.76. The zero-order valence-corrected chi connectivity index (χ0v) is 9.09. The first-order valence-corrected chi connectivity index (χ1v) is 5.22. The summed E-state index contributed by atoms with van der Waals surface area (Å²) in [5.41, 5.74) is 0.0986. The van der Waals surface area contributed by atoms with Crippen LogP contribution in [0.5, 0.6) is 0 Å². The Labute approximate surface area is 97.8 Å². The molecular weight excluding hydrogens is 222 g/mol. The molecule has 0 amide bonds. The number of anilines is 1. The third-order valence-corrected chi connectivity index (χ3v) is 2.59. The van der Waals surface area contributed by atoms with Crippen molar-refractivity contribution in [1.82, 2.24) is 10.3 Å². The van der Waals surface area contributed by atoms with E-state index in [4.69, 9.17) is 5.26 Å². The first-order valence-electron chi connectivity index (χ1n) is 5.22. The van der Waals surface area contributed by atoms with Crippen molar-refractivity contribution in [2.24, 2.45) is 0 Å². The number of piperazine rings is 1. The molecule has 0 bridgehead atoms. The third-order valence-electron chi connectivity index (χ3n) is 2.59. The smallest absolute Gasteiger partial charge is 0.312 e. The molecule has 2 rings (SSSR count). The van der Waals surface area contributed by atoms with E-state index in [-0.39, 0.29) is 11.3 Å². The number of hydrogen-bond donors (Lipinski definition) is 1. The van der Waals surface area contributed by atoms with Crippen LogP contribution >= 0.6 is 0 Å². The van der Waals surface area contributed by atoms with Crippen molar-refractivity contribution in [2.75, 3.05) is 31.1 Å².